The molecule has 1 aliphatic rings. The van der Waals surface area contributed by atoms with Gasteiger partial charge in [-0.2, -0.15) is 5.10 Å². The SMILES string of the molecule is CCn1cc(NC(=O)C2CC(F)(F)CN2)cn1. The van der Waals surface area contributed by atoms with Crippen LogP contribution in [-0.4, -0.2) is 34.2 Å². The van der Waals surface area contributed by atoms with E-state index in [1.165, 1.54) is 6.20 Å². The van der Waals surface area contributed by atoms with Crippen molar-refractivity contribution < 1.29 is 13.6 Å². The molecule has 1 amide bonds. The molecule has 1 aromatic rings. The zero-order valence-corrected chi connectivity index (χ0v) is 9.41. The standard InChI is InChI=1S/C10H14F2N4O/c1-2-16-5-7(4-14-16)15-9(17)8-3-10(11,12)6-13-8/h4-5,8,13H,2-3,6H2,1H3,(H,15,17). The topological polar surface area (TPSA) is 59.0 Å². The van der Waals surface area contributed by atoms with Crippen LogP contribution in [0.15, 0.2) is 12.4 Å². The van der Waals surface area contributed by atoms with Crippen molar-refractivity contribution in [3.63, 3.8) is 0 Å². The Morgan fingerprint density at radius 1 is 1.76 bits per heavy atom. The van der Waals surface area contributed by atoms with Crippen molar-refractivity contribution in [2.45, 2.75) is 31.9 Å². The largest absolute Gasteiger partial charge is 0.322 e. The highest BCUT2D eigenvalue weighted by molar-refractivity contribution is 5.94. The molecule has 1 aromatic heterocycles. The number of aromatic nitrogens is 2. The molecule has 2 N–H and O–H groups in total. The van der Waals surface area contributed by atoms with Crippen molar-refractivity contribution in [1.82, 2.24) is 15.1 Å². The molecule has 94 valence electrons. The molecule has 1 saturated heterocycles. The van der Waals surface area contributed by atoms with Gasteiger partial charge < -0.3 is 5.32 Å². The number of nitrogens with one attached hydrogen (secondary N) is 2. The van der Waals surface area contributed by atoms with Crippen LogP contribution in [0.3, 0.4) is 0 Å². The highest BCUT2D eigenvalue weighted by Gasteiger charge is 2.42. The first-order valence-electron chi connectivity index (χ1n) is 5.45. The van der Waals surface area contributed by atoms with Crippen LogP contribution >= 0.6 is 0 Å². The van der Waals surface area contributed by atoms with Crippen LogP contribution in [0.2, 0.25) is 0 Å². The van der Waals surface area contributed by atoms with E-state index in [0.29, 0.717) is 12.2 Å². The Labute approximate surface area is 97.2 Å². The smallest absolute Gasteiger partial charge is 0.262 e. The molecular formula is C10H14F2N4O. The summed E-state index contributed by atoms with van der Waals surface area (Å²) in [5.74, 6) is -3.24. The molecule has 0 bridgehead atoms. The van der Waals surface area contributed by atoms with Gasteiger partial charge in [0.05, 0.1) is 24.5 Å². The zero-order valence-electron chi connectivity index (χ0n) is 9.41. The molecule has 0 saturated carbocycles. The van der Waals surface area contributed by atoms with Gasteiger partial charge in [0.2, 0.25) is 5.91 Å². The first-order chi connectivity index (χ1) is 8.00. The number of hydrogen-bond donors (Lipinski definition) is 2. The molecule has 7 heteroatoms. The highest BCUT2D eigenvalue weighted by atomic mass is 19.3. The summed E-state index contributed by atoms with van der Waals surface area (Å²) >= 11 is 0. The van der Waals surface area contributed by atoms with Gasteiger partial charge in [0.1, 0.15) is 0 Å². The van der Waals surface area contributed by atoms with Gasteiger partial charge in [-0.25, -0.2) is 8.78 Å². The van der Waals surface area contributed by atoms with Gasteiger partial charge in [-0.1, -0.05) is 0 Å². The van der Waals surface area contributed by atoms with Gasteiger partial charge in [0, 0.05) is 19.2 Å². The minimum Gasteiger partial charge on any atom is -0.322 e. The molecule has 1 aliphatic heterocycles. The molecule has 2 heterocycles. The number of alkyl halides is 2. The van der Waals surface area contributed by atoms with E-state index in [9.17, 15) is 13.6 Å². The van der Waals surface area contributed by atoms with Crippen molar-refractivity contribution in [3.8, 4) is 0 Å². The van der Waals surface area contributed by atoms with Gasteiger partial charge >= 0.3 is 0 Å². The summed E-state index contributed by atoms with van der Waals surface area (Å²) in [4.78, 5) is 11.7. The third-order valence-corrected chi connectivity index (χ3v) is 2.65. The van der Waals surface area contributed by atoms with Crippen molar-refractivity contribution in [3.05, 3.63) is 12.4 Å². The van der Waals surface area contributed by atoms with E-state index in [4.69, 9.17) is 0 Å². The predicted molar refractivity (Wildman–Crippen MR) is 57.9 cm³/mol. The van der Waals surface area contributed by atoms with Crippen molar-refractivity contribution >= 4 is 11.6 Å². The molecule has 0 spiro atoms. The van der Waals surface area contributed by atoms with Crippen LogP contribution in [0.4, 0.5) is 14.5 Å². The molecule has 1 unspecified atom stereocenters. The van der Waals surface area contributed by atoms with Crippen molar-refractivity contribution in [2.75, 3.05) is 11.9 Å². The predicted octanol–water partition coefficient (Wildman–Crippen LogP) is 0.839. The lowest BCUT2D eigenvalue weighted by Gasteiger charge is -2.09. The molecule has 2 rings (SSSR count). The summed E-state index contributed by atoms with van der Waals surface area (Å²) in [6.07, 6.45) is 2.69. The lowest BCUT2D eigenvalue weighted by atomic mass is 10.2. The molecule has 0 radical (unpaired) electrons. The average molecular weight is 244 g/mol. The molecule has 1 atom stereocenters. The van der Waals surface area contributed by atoms with Crippen molar-refractivity contribution in [2.24, 2.45) is 0 Å². The van der Waals surface area contributed by atoms with E-state index in [2.05, 4.69) is 15.7 Å². The summed E-state index contributed by atoms with van der Waals surface area (Å²) in [7, 11) is 0. The highest BCUT2D eigenvalue weighted by Crippen LogP contribution is 2.25. The van der Waals surface area contributed by atoms with Crippen LogP contribution in [-0.2, 0) is 11.3 Å². The van der Waals surface area contributed by atoms with Crippen LogP contribution in [0.1, 0.15) is 13.3 Å². The van der Waals surface area contributed by atoms with Crippen molar-refractivity contribution in [1.29, 1.82) is 0 Å². The van der Waals surface area contributed by atoms with E-state index in [1.807, 2.05) is 6.92 Å². The second kappa shape index (κ2) is 4.40. The monoisotopic (exact) mass is 244 g/mol. The van der Waals surface area contributed by atoms with E-state index >= 15 is 0 Å². The van der Waals surface area contributed by atoms with Gasteiger partial charge in [-0.3, -0.25) is 14.8 Å². The number of nitrogens with zero attached hydrogens (tertiary/aromatic N) is 2. The zero-order chi connectivity index (χ0) is 12.5. The Morgan fingerprint density at radius 3 is 3.06 bits per heavy atom. The van der Waals surface area contributed by atoms with Crippen LogP contribution in [0.5, 0.6) is 0 Å². The maximum absolute atomic E-state index is 12.9. The number of amides is 1. The normalized spacial score (nSPS) is 22.6. The molecule has 5 nitrogen and oxygen atoms in total. The van der Waals surface area contributed by atoms with Gasteiger partial charge in [-0.15, -0.1) is 0 Å². The van der Waals surface area contributed by atoms with E-state index < -0.39 is 30.8 Å². The number of rotatable bonds is 3. The number of carbonyl (C=O) groups excluding carboxylic acids is 1. The fourth-order valence-electron chi connectivity index (χ4n) is 1.73. The maximum atomic E-state index is 12.9. The average Bonchev–Trinajstić information content (AvgIpc) is 2.84. The fraction of sp³-hybridized carbons (Fsp3) is 0.600. The molecular weight excluding hydrogens is 230 g/mol. The molecule has 17 heavy (non-hydrogen) atoms. The van der Waals surface area contributed by atoms with E-state index in [0.717, 1.165) is 0 Å². The van der Waals surface area contributed by atoms with Crippen LogP contribution in [0.25, 0.3) is 0 Å². The van der Waals surface area contributed by atoms with Gasteiger partial charge in [0.15, 0.2) is 0 Å². The third-order valence-electron chi connectivity index (χ3n) is 2.65. The van der Waals surface area contributed by atoms with Gasteiger partial charge in [-0.05, 0) is 6.92 Å². The maximum Gasteiger partial charge on any atom is 0.262 e. The lowest BCUT2D eigenvalue weighted by Crippen LogP contribution is -2.35. The number of aryl methyl sites for hydroxylation is 1. The summed E-state index contributed by atoms with van der Waals surface area (Å²) in [5.41, 5.74) is 0.522. The first-order valence-corrected chi connectivity index (χ1v) is 5.45. The number of halogens is 2. The second-order valence-electron chi connectivity index (χ2n) is 4.07. The molecule has 0 aliphatic carbocycles. The van der Waals surface area contributed by atoms with Crippen LogP contribution in [0, 0.1) is 0 Å². The Bertz CT molecular complexity index is 418. The Morgan fingerprint density at radius 2 is 2.53 bits per heavy atom. The number of anilines is 1. The summed E-state index contributed by atoms with van der Waals surface area (Å²) in [6.45, 7) is 2.16. The summed E-state index contributed by atoms with van der Waals surface area (Å²) in [6, 6.07) is -0.838. The Kier molecular flexibility index (Phi) is 3.10. The van der Waals surface area contributed by atoms with Crippen LogP contribution < -0.4 is 10.6 Å². The number of carbonyl (C=O) groups is 1. The molecule has 1 fully saturated rings. The number of hydrogen-bond acceptors (Lipinski definition) is 3. The fourth-order valence-corrected chi connectivity index (χ4v) is 1.73. The van der Waals surface area contributed by atoms with Gasteiger partial charge in [0.25, 0.3) is 5.92 Å². The minimum atomic E-state index is -2.80. The Balaban J connectivity index is 1.93. The minimum absolute atomic E-state index is 0.445. The first kappa shape index (κ1) is 12.0. The van der Waals surface area contributed by atoms with E-state index in [-0.39, 0.29) is 0 Å². The Hall–Kier alpha value is -1.50. The third kappa shape index (κ3) is 2.79. The summed E-state index contributed by atoms with van der Waals surface area (Å²) < 4.78 is 27.4. The summed E-state index contributed by atoms with van der Waals surface area (Å²) in [5, 5.41) is 9.03. The molecule has 0 aromatic carbocycles. The quantitative estimate of drug-likeness (QED) is 0.828. The lowest BCUT2D eigenvalue weighted by molar-refractivity contribution is -0.118. The second-order valence-corrected chi connectivity index (χ2v) is 4.07. The van der Waals surface area contributed by atoms with E-state index in [1.54, 1.807) is 10.9 Å².